The molecule has 2 aromatic heterocycles. The molecule has 4 rings (SSSR count). The van der Waals surface area contributed by atoms with E-state index in [1.807, 2.05) is 48.0 Å². The summed E-state index contributed by atoms with van der Waals surface area (Å²) in [6, 6.07) is 16.2. The van der Waals surface area contributed by atoms with Crippen LogP contribution >= 0.6 is 0 Å². The van der Waals surface area contributed by atoms with Crippen molar-refractivity contribution in [3.8, 4) is 5.69 Å². The van der Waals surface area contributed by atoms with E-state index in [1.54, 1.807) is 29.9 Å². The van der Waals surface area contributed by atoms with Crippen molar-refractivity contribution >= 4 is 16.5 Å². The Kier molecular flexibility index (Phi) is 4.04. The summed E-state index contributed by atoms with van der Waals surface area (Å²) in [4.78, 5) is 12.9. The first-order valence-electron chi connectivity index (χ1n) is 8.68. The fraction of sp³-hybridized carbons (Fsp3) is 0.0870. The van der Waals surface area contributed by atoms with Crippen molar-refractivity contribution < 1.29 is 4.39 Å². The lowest BCUT2D eigenvalue weighted by atomic mass is 9.98. The van der Waals surface area contributed by atoms with Crippen molar-refractivity contribution in [2.45, 2.75) is 6.92 Å². The van der Waals surface area contributed by atoms with Gasteiger partial charge >= 0.3 is 0 Å². The first-order valence-corrected chi connectivity index (χ1v) is 8.68. The van der Waals surface area contributed by atoms with Crippen molar-refractivity contribution in [1.82, 2.24) is 9.13 Å². The zero-order chi connectivity index (χ0) is 19.1. The van der Waals surface area contributed by atoms with Crippen molar-refractivity contribution in [2.75, 3.05) is 0 Å². The van der Waals surface area contributed by atoms with Gasteiger partial charge in [0.15, 0.2) is 0 Å². The number of rotatable bonds is 3. The van der Waals surface area contributed by atoms with E-state index in [2.05, 4.69) is 6.58 Å². The third-order valence-corrected chi connectivity index (χ3v) is 4.85. The highest BCUT2D eigenvalue weighted by atomic mass is 19.1. The quantitative estimate of drug-likeness (QED) is 0.515. The van der Waals surface area contributed by atoms with Crippen LogP contribution in [0.5, 0.6) is 0 Å². The zero-order valence-corrected chi connectivity index (χ0v) is 15.2. The summed E-state index contributed by atoms with van der Waals surface area (Å²) in [6.45, 7) is 6.22. The van der Waals surface area contributed by atoms with Gasteiger partial charge in [-0.2, -0.15) is 0 Å². The zero-order valence-electron chi connectivity index (χ0n) is 15.2. The molecule has 0 saturated carbocycles. The highest BCUT2D eigenvalue weighted by Gasteiger charge is 2.15. The Labute approximate surface area is 156 Å². The normalized spacial score (nSPS) is 11.1. The molecular formula is C23H19FN2O. The fourth-order valence-corrected chi connectivity index (χ4v) is 3.32. The second-order valence-corrected chi connectivity index (χ2v) is 6.73. The highest BCUT2D eigenvalue weighted by molar-refractivity contribution is 5.96. The van der Waals surface area contributed by atoms with Crippen LogP contribution in [0.3, 0.4) is 0 Å². The number of aromatic nitrogens is 2. The number of halogens is 1. The predicted octanol–water partition coefficient (Wildman–Crippen LogP) is 4.84. The van der Waals surface area contributed by atoms with Gasteiger partial charge in [-0.25, -0.2) is 4.39 Å². The molecule has 0 fully saturated rings. The minimum atomic E-state index is -0.289. The molecule has 0 radical (unpaired) electrons. The topological polar surface area (TPSA) is 26.9 Å². The van der Waals surface area contributed by atoms with Crippen LogP contribution in [-0.4, -0.2) is 9.13 Å². The third kappa shape index (κ3) is 2.89. The maximum absolute atomic E-state index is 13.3. The molecule has 0 spiro atoms. The summed E-state index contributed by atoms with van der Waals surface area (Å²) in [5.74, 6) is -0.289. The predicted molar refractivity (Wildman–Crippen MR) is 108 cm³/mol. The van der Waals surface area contributed by atoms with E-state index >= 15 is 0 Å². The number of pyridine rings is 1. The molecule has 27 heavy (non-hydrogen) atoms. The van der Waals surface area contributed by atoms with Gasteiger partial charge in [0.1, 0.15) is 11.3 Å². The van der Waals surface area contributed by atoms with Crippen molar-refractivity contribution in [3.05, 3.63) is 106 Å². The van der Waals surface area contributed by atoms with Gasteiger partial charge in [-0.05, 0) is 48.4 Å². The first kappa shape index (κ1) is 17.0. The van der Waals surface area contributed by atoms with Crippen molar-refractivity contribution in [2.24, 2.45) is 7.05 Å². The van der Waals surface area contributed by atoms with Crippen molar-refractivity contribution in [3.63, 3.8) is 0 Å². The molecule has 0 aliphatic heterocycles. The Morgan fingerprint density at radius 2 is 1.67 bits per heavy atom. The van der Waals surface area contributed by atoms with Crippen LogP contribution in [0.2, 0.25) is 0 Å². The second kappa shape index (κ2) is 6.40. The van der Waals surface area contributed by atoms with E-state index in [-0.39, 0.29) is 11.4 Å². The van der Waals surface area contributed by atoms with Gasteiger partial charge in [-0.1, -0.05) is 36.4 Å². The third-order valence-electron chi connectivity index (χ3n) is 4.85. The number of benzene rings is 2. The molecule has 4 heteroatoms. The molecule has 0 atom stereocenters. The average molecular weight is 358 g/mol. The molecule has 2 aromatic carbocycles. The van der Waals surface area contributed by atoms with Gasteiger partial charge in [-0.15, -0.1) is 0 Å². The summed E-state index contributed by atoms with van der Waals surface area (Å²) in [5.41, 5.74) is 5.03. The van der Waals surface area contributed by atoms with Crippen LogP contribution in [0.15, 0.2) is 78.4 Å². The van der Waals surface area contributed by atoms with E-state index < -0.39 is 0 Å². The van der Waals surface area contributed by atoms with E-state index in [0.29, 0.717) is 5.52 Å². The molecule has 134 valence electrons. The van der Waals surface area contributed by atoms with Gasteiger partial charge in [0.2, 0.25) is 0 Å². The SMILES string of the molecule is C=C(c1ccc(F)cc1)c1cn(C)c(=O)c2c1ccn2-c1ccc(C)cc1. The second-order valence-electron chi connectivity index (χ2n) is 6.73. The lowest BCUT2D eigenvalue weighted by Gasteiger charge is -2.12. The number of hydrogen-bond donors (Lipinski definition) is 0. The monoisotopic (exact) mass is 358 g/mol. The van der Waals surface area contributed by atoms with Crippen LogP contribution in [0.1, 0.15) is 16.7 Å². The summed E-state index contributed by atoms with van der Waals surface area (Å²) >= 11 is 0. The van der Waals surface area contributed by atoms with Gasteiger partial charge in [-0.3, -0.25) is 4.79 Å². The summed E-state index contributed by atoms with van der Waals surface area (Å²) < 4.78 is 16.7. The molecule has 3 nitrogen and oxygen atoms in total. The molecule has 0 N–H and O–H groups in total. The lowest BCUT2D eigenvalue weighted by molar-refractivity contribution is 0.627. The van der Waals surface area contributed by atoms with Crippen LogP contribution in [-0.2, 0) is 7.05 Å². The molecular weight excluding hydrogens is 339 g/mol. The lowest BCUT2D eigenvalue weighted by Crippen LogP contribution is -2.19. The van der Waals surface area contributed by atoms with E-state index in [9.17, 15) is 9.18 Å². The molecule has 0 aliphatic rings. The van der Waals surface area contributed by atoms with Crippen LogP contribution < -0.4 is 5.56 Å². The van der Waals surface area contributed by atoms with Crippen molar-refractivity contribution in [1.29, 1.82) is 0 Å². The van der Waals surface area contributed by atoms with Gasteiger partial charge in [0.05, 0.1) is 0 Å². The maximum atomic E-state index is 13.3. The largest absolute Gasteiger partial charge is 0.316 e. The summed E-state index contributed by atoms with van der Waals surface area (Å²) in [5, 5.41) is 0.827. The highest BCUT2D eigenvalue weighted by Crippen LogP contribution is 2.29. The Morgan fingerprint density at radius 3 is 2.33 bits per heavy atom. The van der Waals surface area contributed by atoms with E-state index in [0.717, 1.165) is 33.3 Å². The van der Waals surface area contributed by atoms with Crippen LogP contribution in [0.4, 0.5) is 4.39 Å². The molecule has 0 unspecified atom stereocenters. The Hall–Kier alpha value is -3.40. The molecule has 0 bridgehead atoms. The Bertz CT molecular complexity index is 1210. The maximum Gasteiger partial charge on any atom is 0.275 e. The number of nitrogens with zero attached hydrogens (tertiary/aromatic N) is 2. The Balaban J connectivity index is 1.94. The number of fused-ring (bicyclic) bond motifs is 1. The first-order chi connectivity index (χ1) is 13.0. The standard InChI is InChI=1S/C23H19FN2O/c1-15-4-10-19(11-5-15)26-13-12-20-21(14-25(3)23(27)22(20)26)16(2)17-6-8-18(24)9-7-17/h4-14H,2H2,1,3H3. The molecule has 4 aromatic rings. The molecule has 0 aliphatic carbocycles. The smallest absolute Gasteiger partial charge is 0.275 e. The fourth-order valence-electron chi connectivity index (χ4n) is 3.32. The van der Waals surface area contributed by atoms with Gasteiger partial charge in [0.25, 0.3) is 5.56 Å². The Morgan fingerprint density at radius 1 is 1.00 bits per heavy atom. The number of aryl methyl sites for hydroxylation is 2. The molecule has 2 heterocycles. The van der Waals surface area contributed by atoms with E-state index in [1.165, 1.54) is 12.1 Å². The number of hydrogen-bond acceptors (Lipinski definition) is 1. The minimum absolute atomic E-state index is 0.0776. The van der Waals surface area contributed by atoms with Crippen LogP contribution in [0.25, 0.3) is 22.2 Å². The van der Waals surface area contributed by atoms with Gasteiger partial charge in [0, 0.05) is 36.1 Å². The molecule has 0 amide bonds. The summed E-state index contributed by atoms with van der Waals surface area (Å²) in [7, 11) is 1.73. The summed E-state index contributed by atoms with van der Waals surface area (Å²) in [6.07, 6.45) is 3.69. The van der Waals surface area contributed by atoms with Gasteiger partial charge < -0.3 is 9.13 Å². The average Bonchev–Trinajstić information content (AvgIpc) is 3.11. The van der Waals surface area contributed by atoms with Crippen LogP contribution in [0, 0.1) is 12.7 Å². The molecule has 0 saturated heterocycles. The minimum Gasteiger partial charge on any atom is -0.316 e. The van der Waals surface area contributed by atoms with E-state index in [4.69, 9.17) is 0 Å².